The molecule has 0 spiro atoms. The first-order chi connectivity index (χ1) is 14.9. The third-order valence-electron chi connectivity index (χ3n) is 5.64. The maximum Gasteiger partial charge on any atom is 0.115 e. The number of rotatable bonds is 12. The van der Waals surface area contributed by atoms with Crippen molar-refractivity contribution < 1.29 is 0 Å². The minimum atomic E-state index is -1.72. The third kappa shape index (κ3) is 6.16. The quantitative estimate of drug-likeness (QED) is 0.111. The van der Waals surface area contributed by atoms with E-state index in [4.69, 9.17) is 0 Å². The molecule has 0 bridgehead atoms. The summed E-state index contributed by atoms with van der Waals surface area (Å²) in [5, 5.41) is 5.52. The Bertz CT molecular complexity index is 762. The van der Waals surface area contributed by atoms with Crippen LogP contribution < -0.4 is 15.9 Å². The van der Waals surface area contributed by atoms with Gasteiger partial charge in [-0.1, -0.05) is 102 Å². The fraction of sp³-hybridized carbons (Fsp3) is 0.286. The minimum absolute atomic E-state index is 1.08. The van der Waals surface area contributed by atoms with Gasteiger partial charge in [0.2, 0.25) is 0 Å². The van der Waals surface area contributed by atoms with Crippen molar-refractivity contribution in [3.8, 4) is 0 Å². The van der Waals surface area contributed by atoms with Crippen LogP contribution in [-0.4, -0.2) is 11.5 Å². The summed E-state index contributed by atoms with van der Waals surface area (Å²) >= 11 is 3.52. The molecule has 0 fully saturated rings. The fourth-order valence-electron chi connectivity index (χ4n) is 4.05. The maximum absolute atomic E-state index is 3.52. The molecule has 30 heavy (non-hydrogen) atoms. The summed E-state index contributed by atoms with van der Waals surface area (Å²) in [4.78, 5) is 0. The van der Waals surface area contributed by atoms with E-state index in [1.165, 1.54) is 54.4 Å². The van der Waals surface area contributed by atoms with Gasteiger partial charge in [-0.05, 0) is 55.7 Å². The van der Waals surface area contributed by atoms with E-state index in [1.54, 1.807) is 0 Å². The molecule has 0 saturated heterocycles. The SMILES string of the molecule is BrCCCCCCCC=CC[P+](c1ccccc1)(c1ccccc1)c1ccccc1. The third-order valence-corrected chi connectivity index (χ3v) is 10.5. The van der Waals surface area contributed by atoms with Crippen molar-refractivity contribution in [3.63, 3.8) is 0 Å². The summed E-state index contributed by atoms with van der Waals surface area (Å²) in [5.41, 5.74) is 0. The van der Waals surface area contributed by atoms with E-state index in [0.29, 0.717) is 0 Å². The average Bonchev–Trinajstić information content (AvgIpc) is 2.82. The Morgan fingerprint density at radius 3 is 1.43 bits per heavy atom. The molecule has 0 N–H and O–H groups in total. The Balaban J connectivity index is 1.84. The summed E-state index contributed by atoms with van der Waals surface area (Å²) in [6.45, 7) is 0. The van der Waals surface area contributed by atoms with Gasteiger partial charge in [-0.25, -0.2) is 0 Å². The summed E-state index contributed by atoms with van der Waals surface area (Å²) in [7, 11) is -1.72. The molecule has 0 radical (unpaired) electrons. The van der Waals surface area contributed by atoms with Gasteiger partial charge in [0.25, 0.3) is 0 Å². The van der Waals surface area contributed by atoms with Crippen molar-refractivity contribution in [2.45, 2.75) is 38.5 Å². The molecule has 0 amide bonds. The van der Waals surface area contributed by atoms with Crippen LogP contribution in [0.5, 0.6) is 0 Å². The van der Waals surface area contributed by atoms with Crippen LogP contribution in [0.15, 0.2) is 103 Å². The first-order valence-corrected chi connectivity index (χ1v) is 14.2. The number of alkyl halides is 1. The van der Waals surface area contributed by atoms with E-state index < -0.39 is 7.26 Å². The molecule has 156 valence electrons. The van der Waals surface area contributed by atoms with Gasteiger partial charge in [0.05, 0.1) is 6.16 Å². The zero-order chi connectivity index (χ0) is 20.9. The number of halogens is 1. The molecule has 0 atom stereocenters. The predicted molar refractivity (Wildman–Crippen MR) is 141 cm³/mol. The number of unbranched alkanes of at least 4 members (excludes halogenated alkanes) is 5. The highest BCUT2D eigenvalue weighted by Gasteiger charge is 2.43. The lowest BCUT2D eigenvalue weighted by molar-refractivity contribution is 0.641. The second kappa shape index (κ2) is 12.9. The van der Waals surface area contributed by atoms with Crippen LogP contribution in [-0.2, 0) is 0 Å². The second-order valence-corrected chi connectivity index (χ2v) is 12.0. The molecule has 3 rings (SSSR count). The number of benzene rings is 3. The largest absolute Gasteiger partial charge is 0.115 e. The highest BCUT2D eigenvalue weighted by atomic mass is 79.9. The molecule has 0 unspecified atom stereocenters. The Morgan fingerprint density at radius 2 is 0.967 bits per heavy atom. The van der Waals surface area contributed by atoms with Gasteiger partial charge >= 0.3 is 0 Å². The van der Waals surface area contributed by atoms with Crippen LogP contribution in [0.1, 0.15) is 38.5 Å². The first-order valence-electron chi connectivity index (χ1n) is 11.1. The summed E-state index contributed by atoms with van der Waals surface area (Å²) in [6.07, 6.45) is 13.8. The summed E-state index contributed by atoms with van der Waals surface area (Å²) < 4.78 is 0. The van der Waals surface area contributed by atoms with Crippen molar-refractivity contribution in [1.29, 1.82) is 0 Å². The van der Waals surface area contributed by atoms with Crippen molar-refractivity contribution in [3.05, 3.63) is 103 Å². The van der Waals surface area contributed by atoms with E-state index in [1.807, 2.05) is 0 Å². The Morgan fingerprint density at radius 1 is 0.533 bits per heavy atom. The molecule has 0 saturated carbocycles. The normalized spacial score (nSPS) is 11.8. The fourth-order valence-corrected chi connectivity index (χ4v) is 8.48. The van der Waals surface area contributed by atoms with E-state index in [-0.39, 0.29) is 0 Å². The molecule has 0 aliphatic rings. The van der Waals surface area contributed by atoms with Gasteiger partial charge in [0.1, 0.15) is 23.2 Å². The van der Waals surface area contributed by atoms with Crippen molar-refractivity contribution >= 4 is 39.1 Å². The van der Waals surface area contributed by atoms with Gasteiger partial charge in [-0.15, -0.1) is 0 Å². The van der Waals surface area contributed by atoms with Gasteiger partial charge in [0.15, 0.2) is 0 Å². The van der Waals surface area contributed by atoms with Crippen LogP contribution >= 0.6 is 23.2 Å². The van der Waals surface area contributed by atoms with Crippen LogP contribution in [0.2, 0.25) is 0 Å². The lowest BCUT2D eigenvalue weighted by Crippen LogP contribution is -2.32. The number of hydrogen-bond acceptors (Lipinski definition) is 0. The molecule has 0 aliphatic carbocycles. The molecule has 0 aromatic heterocycles. The maximum atomic E-state index is 3.52. The van der Waals surface area contributed by atoms with Crippen molar-refractivity contribution in [1.82, 2.24) is 0 Å². The molecule has 0 heterocycles. The topological polar surface area (TPSA) is 0 Å². The standard InChI is InChI=1S/C28H33BrP/c29-24-16-5-3-1-2-4-6-17-25-30(26-18-10-7-11-19-26,27-20-12-8-13-21-27)28-22-14-9-15-23-28/h6-15,17-23H,1-5,16,24-25H2/q+1. The van der Waals surface area contributed by atoms with Gasteiger partial charge < -0.3 is 0 Å². The van der Waals surface area contributed by atoms with Gasteiger partial charge in [0, 0.05) is 5.33 Å². The molecule has 3 aromatic rings. The zero-order valence-electron chi connectivity index (χ0n) is 17.8. The lowest BCUT2D eigenvalue weighted by Gasteiger charge is -2.26. The minimum Gasteiger partial charge on any atom is -0.0928 e. The van der Waals surface area contributed by atoms with E-state index >= 15 is 0 Å². The van der Waals surface area contributed by atoms with E-state index in [2.05, 4.69) is 119 Å². The van der Waals surface area contributed by atoms with E-state index in [0.717, 1.165) is 11.5 Å². The highest BCUT2D eigenvalue weighted by Crippen LogP contribution is 2.55. The monoisotopic (exact) mass is 479 g/mol. The summed E-state index contributed by atoms with van der Waals surface area (Å²) in [5.74, 6) is 0. The average molecular weight is 480 g/mol. The predicted octanol–water partition coefficient (Wildman–Crippen LogP) is 7.27. The summed E-state index contributed by atoms with van der Waals surface area (Å²) in [6, 6.07) is 33.4. The van der Waals surface area contributed by atoms with Gasteiger partial charge in [-0.3, -0.25) is 0 Å². The van der Waals surface area contributed by atoms with Crippen LogP contribution in [0, 0.1) is 0 Å². The highest BCUT2D eigenvalue weighted by molar-refractivity contribution is 9.09. The van der Waals surface area contributed by atoms with Gasteiger partial charge in [-0.2, -0.15) is 0 Å². The van der Waals surface area contributed by atoms with Crippen molar-refractivity contribution in [2.24, 2.45) is 0 Å². The Hall–Kier alpha value is -1.69. The molecule has 3 aromatic carbocycles. The van der Waals surface area contributed by atoms with Crippen LogP contribution in [0.25, 0.3) is 0 Å². The van der Waals surface area contributed by atoms with E-state index in [9.17, 15) is 0 Å². The molecular formula is C28H33BrP+. The Kier molecular flexibility index (Phi) is 9.87. The smallest absolute Gasteiger partial charge is 0.0928 e. The first kappa shape index (κ1) is 23.0. The number of allylic oxidation sites excluding steroid dienone is 2. The molecule has 2 heteroatoms. The van der Waals surface area contributed by atoms with Crippen LogP contribution in [0.3, 0.4) is 0 Å². The van der Waals surface area contributed by atoms with Crippen molar-refractivity contribution in [2.75, 3.05) is 11.5 Å². The van der Waals surface area contributed by atoms with Crippen LogP contribution in [0.4, 0.5) is 0 Å². The molecule has 0 nitrogen and oxygen atoms in total. The Labute approximate surface area is 191 Å². The molecular weight excluding hydrogens is 447 g/mol. The number of hydrogen-bond donors (Lipinski definition) is 0. The second-order valence-electron chi connectivity index (χ2n) is 7.72. The zero-order valence-corrected chi connectivity index (χ0v) is 20.3. The lowest BCUT2D eigenvalue weighted by atomic mass is 10.1. The molecule has 0 aliphatic heterocycles.